The number of nitrogens with zero attached hydrogens (tertiary/aromatic N) is 1. The molecule has 0 radical (unpaired) electrons. The number of hydrogen-bond acceptors (Lipinski definition) is 4. The van der Waals surface area contributed by atoms with Gasteiger partial charge in [-0.1, -0.05) is 12.1 Å². The molecule has 0 unspecified atom stereocenters. The molecule has 2 N–H and O–H groups in total. The zero-order valence-corrected chi connectivity index (χ0v) is 13.7. The first kappa shape index (κ1) is 18.4. The molecule has 0 saturated carbocycles. The molecule has 0 bridgehead atoms. The zero-order chi connectivity index (χ0) is 19.8. The topological polar surface area (TPSA) is 86.7 Å². The van der Waals surface area contributed by atoms with E-state index in [9.17, 15) is 27.6 Å². The molecule has 0 aromatic heterocycles. The van der Waals surface area contributed by atoms with Crippen molar-refractivity contribution >= 4 is 29.2 Å². The maximum absolute atomic E-state index is 13.2. The number of rotatable bonds is 4. The fourth-order valence-electron chi connectivity index (χ4n) is 2.82. The van der Waals surface area contributed by atoms with Crippen LogP contribution in [0.25, 0.3) is 0 Å². The molecule has 2 aromatic rings. The van der Waals surface area contributed by atoms with Crippen molar-refractivity contribution in [2.75, 3.05) is 10.2 Å². The molecule has 140 valence electrons. The predicted molar refractivity (Wildman–Crippen MR) is 89.4 cm³/mol. The van der Waals surface area contributed by atoms with Crippen molar-refractivity contribution in [3.05, 3.63) is 59.7 Å². The molecule has 3 rings (SSSR count). The molecule has 1 heterocycles. The fraction of sp³-hybridized carbons (Fsp3) is 0.167. The van der Waals surface area contributed by atoms with Crippen molar-refractivity contribution in [2.24, 2.45) is 0 Å². The van der Waals surface area contributed by atoms with E-state index < -0.39 is 41.3 Å². The quantitative estimate of drug-likeness (QED) is 0.799. The van der Waals surface area contributed by atoms with Crippen LogP contribution in [0.5, 0.6) is 0 Å². The van der Waals surface area contributed by atoms with Crippen LogP contribution >= 0.6 is 0 Å². The van der Waals surface area contributed by atoms with Gasteiger partial charge in [0.25, 0.3) is 5.91 Å². The van der Waals surface area contributed by atoms with Crippen LogP contribution < -0.4 is 10.2 Å². The van der Waals surface area contributed by atoms with Crippen LogP contribution in [0.4, 0.5) is 24.5 Å². The lowest BCUT2D eigenvalue weighted by Gasteiger charge is -2.20. The minimum Gasteiger partial charge on any atom is -0.478 e. The van der Waals surface area contributed by atoms with Crippen LogP contribution in [-0.2, 0) is 15.8 Å². The van der Waals surface area contributed by atoms with Crippen LogP contribution in [0.3, 0.4) is 0 Å². The number of aromatic carboxylic acids is 1. The number of carboxylic acid groups (broad SMARTS) is 1. The number of halogens is 3. The second-order valence-electron chi connectivity index (χ2n) is 5.87. The van der Waals surface area contributed by atoms with E-state index >= 15 is 0 Å². The number of carbonyl (C=O) groups is 3. The zero-order valence-electron chi connectivity index (χ0n) is 13.7. The van der Waals surface area contributed by atoms with Crippen LogP contribution in [0, 0.1) is 0 Å². The molecular formula is C18H13F3N2O4. The lowest BCUT2D eigenvalue weighted by molar-refractivity contribution is -0.137. The smallest absolute Gasteiger partial charge is 0.418 e. The van der Waals surface area contributed by atoms with Crippen molar-refractivity contribution in [1.29, 1.82) is 0 Å². The minimum absolute atomic E-state index is 0.0371. The first-order chi connectivity index (χ1) is 12.7. The minimum atomic E-state index is -4.71. The number of benzene rings is 2. The Kier molecular flexibility index (Phi) is 4.61. The van der Waals surface area contributed by atoms with Crippen molar-refractivity contribution in [2.45, 2.75) is 18.6 Å². The summed E-state index contributed by atoms with van der Waals surface area (Å²) in [7, 11) is 0. The summed E-state index contributed by atoms with van der Waals surface area (Å²) in [5.41, 5.74) is -1.17. The van der Waals surface area contributed by atoms with Crippen LogP contribution in [-0.4, -0.2) is 28.9 Å². The number of imide groups is 1. The van der Waals surface area contributed by atoms with E-state index in [-0.39, 0.29) is 12.0 Å². The number of amides is 2. The molecule has 0 aliphatic carbocycles. The summed E-state index contributed by atoms with van der Waals surface area (Å²) < 4.78 is 39.6. The molecule has 2 amide bonds. The molecule has 9 heteroatoms. The first-order valence-corrected chi connectivity index (χ1v) is 7.81. The number of anilines is 2. The Morgan fingerprint density at radius 3 is 2.30 bits per heavy atom. The van der Waals surface area contributed by atoms with E-state index in [0.29, 0.717) is 10.6 Å². The Labute approximate surface area is 151 Å². The second kappa shape index (κ2) is 6.75. The maximum atomic E-state index is 13.2. The van der Waals surface area contributed by atoms with Crippen LogP contribution in [0.15, 0.2) is 48.5 Å². The fourth-order valence-corrected chi connectivity index (χ4v) is 2.82. The van der Waals surface area contributed by atoms with Crippen molar-refractivity contribution in [1.82, 2.24) is 0 Å². The van der Waals surface area contributed by atoms with E-state index in [1.54, 1.807) is 0 Å². The van der Waals surface area contributed by atoms with Gasteiger partial charge in [0.15, 0.2) is 0 Å². The number of alkyl halides is 3. The Bertz CT molecular complexity index is 910. The van der Waals surface area contributed by atoms with Gasteiger partial charge in [-0.2, -0.15) is 13.2 Å². The molecule has 1 aliphatic rings. The summed E-state index contributed by atoms with van der Waals surface area (Å²) in [6.07, 6.45) is -5.03. The lowest BCUT2D eigenvalue weighted by atomic mass is 10.1. The maximum Gasteiger partial charge on any atom is 0.418 e. The third kappa shape index (κ3) is 3.62. The highest BCUT2D eigenvalue weighted by atomic mass is 19.4. The SMILES string of the molecule is O=C(O)c1ccc(N[C@@H]2CC(=O)N(c3ccccc3C(F)(F)F)C2=O)cc1. The molecule has 1 atom stereocenters. The summed E-state index contributed by atoms with van der Waals surface area (Å²) in [5, 5.41) is 11.6. The summed E-state index contributed by atoms with van der Waals surface area (Å²) in [4.78, 5) is 36.2. The standard InChI is InChI=1S/C18H13F3N2O4/c19-18(20,21)12-3-1-2-4-14(12)23-15(24)9-13(16(23)25)22-11-7-5-10(6-8-11)17(26)27/h1-8,13,22H,9H2,(H,26,27)/t13-/m1/s1. The van der Waals surface area contributed by atoms with Crippen molar-refractivity contribution < 1.29 is 32.7 Å². The Morgan fingerprint density at radius 2 is 1.70 bits per heavy atom. The largest absolute Gasteiger partial charge is 0.478 e. The molecule has 1 aliphatic heterocycles. The van der Waals surface area contributed by atoms with Gasteiger partial charge in [0.2, 0.25) is 5.91 Å². The van der Waals surface area contributed by atoms with Gasteiger partial charge in [-0.15, -0.1) is 0 Å². The van der Waals surface area contributed by atoms with E-state index in [2.05, 4.69) is 5.32 Å². The number of carboxylic acids is 1. The normalized spacial score (nSPS) is 17.3. The van der Waals surface area contributed by atoms with Crippen LogP contribution in [0.2, 0.25) is 0 Å². The van der Waals surface area contributed by atoms with E-state index in [4.69, 9.17) is 5.11 Å². The highest BCUT2D eigenvalue weighted by molar-refractivity contribution is 6.23. The Hall–Kier alpha value is -3.36. The van der Waals surface area contributed by atoms with E-state index in [0.717, 1.165) is 12.1 Å². The number of para-hydroxylation sites is 1. The lowest BCUT2D eigenvalue weighted by Crippen LogP contribution is -2.36. The monoisotopic (exact) mass is 378 g/mol. The van der Waals surface area contributed by atoms with Gasteiger partial charge < -0.3 is 10.4 Å². The van der Waals surface area contributed by atoms with Gasteiger partial charge in [0.05, 0.1) is 23.2 Å². The summed E-state index contributed by atoms with van der Waals surface area (Å²) >= 11 is 0. The molecule has 2 aromatic carbocycles. The second-order valence-corrected chi connectivity index (χ2v) is 5.87. The highest BCUT2D eigenvalue weighted by Gasteiger charge is 2.44. The molecule has 27 heavy (non-hydrogen) atoms. The van der Waals surface area contributed by atoms with Gasteiger partial charge in [-0.3, -0.25) is 9.59 Å². The van der Waals surface area contributed by atoms with Gasteiger partial charge in [0.1, 0.15) is 6.04 Å². The summed E-state index contributed by atoms with van der Waals surface area (Å²) in [6, 6.07) is 8.76. The molecular weight excluding hydrogens is 365 g/mol. The molecule has 1 saturated heterocycles. The van der Waals surface area contributed by atoms with Gasteiger partial charge in [-0.25, -0.2) is 9.69 Å². The number of nitrogens with one attached hydrogen (secondary N) is 1. The van der Waals surface area contributed by atoms with Crippen molar-refractivity contribution in [3.63, 3.8) is 0 Å². The third-order valence-corrected chi connectivity index (χ3v) is 4.07. The molecule has 1 fully saturated rings. The van der Waals surface area contributed by atoms with Crippen LogP contribution in [0.1, 0.15) is 22.3 Å². The summed E-state index contributed by atoms with van der Waals surface area (Å²) in [6.45, 7) is 0. The van der Waals surface area contributed by atoms with Gasteiger partial charge in [0, 0.05) is 5.69 Å². The number of hydrogen-bond donors (Lipinski definition) is 2. The first-order valence-electron chi connectivity index (χ1n) is 7.81. The Balaban J connectivity index is 1.85. The van der Waals surface area contributed by atoms with Crippen molar-refractivity contribution in [3.8, 4) is 0 Å². The highest BCUT2D eigenvalue weighted by Crippen LogP contribution is 2.38. The average Bonchev–Trinajstić information content (AvgIpc) is 2.88. The van der Waals surface area contributed by atoms with E-state index in [1.165, 1.54) is 36.4 Å². The molecule has 0 spiro atoms. The van der Waals surface area contributed by atoms with Gasteiger partial charge in [-0.05, 0) is 36.4 Å². The summed E-state index contributed by atoms with van der Waals surface area (Å²) in [5.74, 6) is -2.68. The molecule has 6 nitrogen and oxygen atoms in total. The van der Waals surface area contributed by atoms with E-state index in [1.807, 2.05) is 0 Å². The Morgan fingerprint density at radius 1 is 1.07 bits per heavy atom. The third-order valence-electron chi connectivity index (χ3n) is 4.07. The number of carbonyl (C=O) groups excluding carboxylic acids is 2. The average molecular weight is 378 g/mol. The van der Waals surface area contributed by atoms with Gasteiger partial charge >= 0.3 is 12.1 Å². The predicted octanol–water partition coefficient (Wildman–Crippen LogP) is 3.15.